The van der Waals surface area contributed by atoms with E-state index in [2.05, 4.69) is 0 Å². The number of thiocarbonyl (C=S) groups is 1. The van der Waals surface area contributed by atoms with Crippen molar-refractivity contribution in [3.8, 4) is 5.75 Å². The van der Waals surface area contributed by atoms with Crippen LogP contribution in [0.3, 0.4) is 0 Å². The molecule has 0 spiro atoms. The molecule has 0 saturated carbocycles. The quantitative estimate of drug-likeness (QED) is 0.824. The van der Waals surface area contributed by atoms with Crippen LogP contribution in [0.15, 0.2) is 47.1 Å². The van der Waals surface area contributed by atoms with E-state index in [4.69, 9.17) is 27.1 Å². The Bertz CT molecular complexity index is 462. The SMILES string of the molecule is NC(=S)c1ccc(OCc2ccco2)cc1. The molecule has 3 nitrogen and oxygen atoms in total. The maximum Gasteiger partial charge on any atom is 0.146 e. The van der Waals surface area contributed by atoms with E-state index >= 15 is 0 Å². The van der Waals surface area contributed by atoms with Gasteiger partial charge in [0, 0.05) is 5.56 Å². The molecule has 2 aromatic rings. The average molecular weight is 233 g/mol. The average Bonchev–Trinajstić information content (AvgIpc) is 2.80. The predicted molar refractivity (Wildman–Crippen MR) is 65.4 cm³/mol. The van der Waals surface area contributed by atoms with Gasteiger partial charge in [0.1, 0.15) is 23.1 Å². The van der Waals surface area contributed by atoms with Crippen molar-refractivity contribution in [3.05, 3.63) is 54.0 Å². The maximum absolute atomic E-state index is 5.51. The molecule has 1 aromatic carbocycles. The molecular formula is C12H11NO2S. The van der Waals surface area contributed by atoms with Gasteiger partial charge in [-0.25, -0.2) is 0 Å². The first kappa shape index (κ1) is 10.7. The molecule has 0 fully saturated rings. The molecular weight excluding hydrogens is 222 g/mol. The van der Waals surface area contributed by atoms with Gasteiger partial charge >= 0.3 is 0 Å². The number of rotatable bonds is 4. The number of nitrogens with two attached hydrogens (primary N) is 1. The van der Waals surface area contributed by atoms with Crippen LogP contribution in [-0.4, -0.2) is 4.99 Å². The lowest BCUT2D eigenvalue weighted by atomic mass is 10.2. The Labute approximate surface area is 98.8 Å². The second kappa shape index (κ2) is 4.81. The summed E-state index contributed by atoms with van der Waals surface area (Å²) >= 11 is 4.86. The number of furan rings is 1. The Hall–Kier alpha value is -1.81. The molecule has 0 aliphatic heterocycles. The van der Waals surface area contributed by atoms with Crippen LogP contribution in [0.4, 0.5) is 0 Å². The second-order valence-electron chi connectivity index (χ2n) is 3.26. The summed E-state index contributed by atoms with van der Waals surface area (Å²) in [6, 6.07) is 11.0. The largest absolute Gasteiger partial charge is 0.486 e. The van der Waals surface area contributed by atoms with Gasteiger partial charge in [-0.15, -0.1) is 0 Å². The van der Waals surface area contributed by atoms with Crippen molar-refractivity contribution in [1.29, 1.82) is 0 Å². The zero-order valence-corrected chi connectivity index (χ0v) is 9.37. The zero-order valence-electron chi connectivity index (χ0n) is 8.55. The summed E-state index contributed by atoms with van der Waals surface area (Å²) in [6.07, 6.45) is 1.62. The van der Waals surface area contributed by atoms with Crippen molar-refractivity contribution in [2.75, 3.05) is 0 Å². The minimum atomic E-state index is 0.387. The van der Waals surface area contributed by atoms with E-state index in [-0.39, 0.29) is 0 Å². The van der Waals surface area contributed by atoms with E-state index in [0.29, 0.717) is 11.6 Å². The normalized spacial score (nSPS) is 10.0. The van der Waals surface area contributed by atoms with Crippen molar-refractivity contribution in [2.24, 2.45) is 5.73 Å². The van der Waals surface area contributed by atoms with Gasteiger partial charge in [-0.1, -0.05) is 12.2 Å². The summed E-state index contributed by atoms with van der Waals surface area (Å²) in [5, 5.41) is 0. The van der Waals surface area contributed by atoms with E-state index in [1.165, 1.54) is 0 Å². The van der Waals surface area contributed by atoms with Crippen LogP contribution in [0.2, 0.25) is 0 Å². The first-order valence-corrected chi connectivity index (χ1v) is 5.21. The van der Waals surface area contributed by atoms with Crippen molar-refractivity contribution >= 4 is 17.2 Å². The van der Waals surface area contributed by atoms with Crippen molar-refractivity contribution in [1.82, 2.24) is 0 Å². The van der Waals surface area contributed by atoms with Gasteiger partial charge in [-0.2, -0.15) is 0 Å². The standard InChI is InChI=1S/C12H11NO2S/c13-12(16)9-3-5-10(6-4-9)15-8-11-2-1-7-14-11/h1-7H,8H2,(H2,13,16). The van der Waals surface area contributed by atoms with Crippen LogP contribution >= 0.6 is 12.2 Å². The van der Waals surface area contributed by atoms with Crippen LogP contribution in [0.1, 0.15) is 11.3 Å². The lowest BCUT2D eigenvalue weighted by Crippen LogP contribution is -2.08. The summed E-state index contributed by atoms with van der Waals surface area (Å²) < 4.78 is 10.7. The van der Waals surface area contributed by atoms with Crippen LogP contribution in [-0.2, 0) is 6.61 Å². The fraction of sp³-hybridized carbons (Fsp3) is 0.0833. The number of ether oxygens (including phenoxy) is 1. The second-order valence-corrected chi connectivity index (χ2v) is 3.70. The molecule has 0 aliphatic rings. The third-order valence-electron chi connectivity index (χ3n) is 2.10. The molecule has 0 atom stereocenters. The summed E-state index contributed by atoms with van der Waals surface area (Å²) in [6.45, 7) is 0.416. The molecule has 82 valence electrons. The molecule has 0 radical (unpaired) electrons. The van der Waals surface area contributed by atoms with Gasteiger partial charge in [0.2, 0.25) is 0 Å². The maximum atomic E-state index is 5.51. The smallest absolute Gasteiger partial charge is 0.146 e. The van der Waals surface area contributed by atoms with Crippen molar-refractivity contribution in [3.63, 3.8) is 0 Å². The van der Waals surface area contributed by atoms with Gasteiger partial charge in [0.25, 0.3) is 0 Å². The molecule has 2 rings (SSSR count). The third kappa shape index (κ3) is 2.61. The third-order valence-corrected chi connectivity index (χ3v) is 2.34. The number of hydrogen-bond donors (Lipinski definition) is 1. The fourth-order valence-electron chi connectivity index (χ4n) is 1.26. The molecule has 0 unspecified atom stereocenters. The number of benzene rings is 1. The summed E-state index contributed by atoms with van der Waals surface area (Å²) in [4.78, 5) is 0.387. The van der Waals surface area contributed by atoms with E-state index in [9.17, 15) is 0 Å². The van der Waals surface area contributed by atoms with Gasteiger partial charge in [-0.3, -0.25) is 0 Å². The lowest BCUT2D eigenvalue weighted by molar-refractivity contribution is 0.270. The van der Waals surface area contributed by atoms with E-state index < -0.39 is 0 Å². The molecule has 4 heteroatoms. The minimum absolute atomic E-state index is 0.387. The molecule has 0 bridgehead atoms. The Morgan fingerprint density at radius 2 is 2.00 bits per heavy atom. The van der Waals surface area contributed by atoms with Gasteiger partial charge < -0.3 is 14.9 Å². The summed E-state index contributed by atoms with van der Waals surface area (Å²) in [7, 11) is 0. The number of hydrogen-bond acceptors (Lipinski definition) is 3. The highest BCUT2D eigenvalue weighted by atomic mass is 32.1. The summed E-state index contributed by atoms with van der Waals surface area (Å²) in [5.74, 6) is 1.55. The van der Waals surface area contributed by atoms with Gasteiger partial charge in [-0.05, 0) is 36.4 Å². The lowest BCUT2D eigenvalue weighted by Gasteiger charge is -2.04. The molecule has 0 saturated heterocycles. The molecule has 1 aromatic heterocycles. The molecule has 2 N–H and O–H groups in total. The first-order valence-electron chi connectivity index (χ1n) is 4.81. The van der Waals surface area contributed by atoms with E-state index in [1.807, 2.05) is 36.4 Å². The van der Waals surface area contributed by atoms with Gasteiger partial charge in [0.05, 0.1) is 6.26 Å². The highest BCUT2D eigenvalue weighted by molar-refractivity contribution is 7.80. The molecule has 0 amide bonds. The molecule has 0 aliphatic carbocycles. The Kier molecular flexibility index (Phi) is 3.22. The van der Waals surface area contributed by atoms with Crippen molar-refractivity contribution in [2.45, 2.75) is 6.61 Å². The highest BCUT2D eigenvalue weighted by Crippen LogP contribution is 2.14. The van der Waals surface area contributed by atoms with Crippen molar-refractivity contribution < 1.29 is 9.15 Å². The predicted octanol–water partition coefficient (Wildman–Crippen LogP) is 2.49. The van der Waals surface area contributed by atoms with Crippen LogP contribution in [0.25, 0.3) is 0 Å². The van der Waals surface area contributed by atoms with Crippen LogP contribution in [0, 0.1) is 0 Å². The summed E-state index contributed by atoms with van der Waals surface area (Å²) in [5.41, 5.74) is 6.32. The minimum Gasteiger partial charge on any atom is -0.486 e. The topological polar surface area (TPSA) is 48.4 Å². The van der Waals surface area contributed by atoms with Gasteiger partial charge in [0.15, 0.2) is 0 Å². The zero-order chi connectivity index (χ0) is 11.4. The molecule has 16 heavy (non-hydrogen) atoms. The van der Waals surface area contributed by atoms with E-state index in [1.54, 1.807) is 6.26 Å². The first-order chi connectivity index (χ1) is 7.75. The molecule has 1 heterocycles. The van der Waals surface area contributed by atoms with Crippen LogP contribution < -0.4 is 10.5 Å². The van der Waals surface area contributed by atoms with Crippen LogP contribution in [0.5, 0.6) is 5.75 Å². The highest BCUT2D eigenvalue weighted by Gasteiger charge is 1.99. The Morgan fingerprint density at radius 3 is 2.56 bits per heavy atom. The fourth-order valence-corrected chi connectivity index (χ4v) is 1.40. The monoisotopic (exact) mass is 233 g/mol. The van der Waals surface area contributed by atoms with E-state index in [0.717, 1.165) is 17.1 Å². The Morgan fingerprint density at radius 1 is 1.25 bits per heavy atom. The Balaban J connectivity index is 1.98.